The van der Waals surface area contributed by atoms with Crippen molar-refractivity contribution in [3.8, 4) is 11.5 Å². The molecule has 0 spiro atoms. The van der Waals surface area contributed by atoms with Gasteiger partial charge in [0, 0.05) is 25.8 Å². The minimum absolute atomic E-state index is 0.0135. The maximum Gasteiger partial charge on any atom is 0.176 e. The summed E-state index contributed by atoms with van der Waals surface area (Å²) in [5.74, 6) is 0.818. The van der Waals surface area contributed by atoms with E-state index >= 15 is 0 Å². The van der Waals surface area contributed by atoms with Crippen LogP contribution in [0.2, 0.25) is 0 Å². The number of benzene rings is 1. The first-order chi connectivity index (χ1) is 18.8. The number of unbranched alkanes of at least 4 members (excludes halogenated alkanes) is 1. The number of hydrogen-bond donors (Lipinski definition) is 5. The summed E-state index contributed by atoms with van der Waals surface area (Å²) in [6.07, 6.45) is 11.1. The summed E-state index contributed by atoms with van der Waals surface area (Å²) in [5.41, 5.74) is 3.14. The normalized spacial score (nSPS) is 19.3. The summed E-state index contributed by atoms with van der Waals surface area (Å²) in [5, 5.41) is 36.3. The van der Waals surface area contributed by atoms with Crippen molar-refractivity contribution in [2.75, 3.05) is 32.8 Å². The highest BCUT2D eigenvalue weighted by Gasteiger charge is 2.32. The number of nitrogens with zero attached hydrogens (tertiary/aromatic N) is 1. The van der Waals surface area contributed by atoms with E-state index in [1.165, 1.54) is 0 Å². The SMILES string of the molecule is CCCCC1O[C-](CCc2ccc(O)c(OC[C@H](NCC)[C+]3C=C([C@H](C)CNC[C@H](C)O)C=N3)c2)C=C1CO. The summed E-state index contributed by atoms with van der Waals surface area (Å²) in [6.45, 7) is 10.6. The summed E-state index contributed by atoms with van der Waals surface area (Å²) in [6, 6.07) is 6.26. The van der Waals surface area contributed by atoms with Gasteiger partial charge in [-0.25, -0.2) is 0 Å². The molecule has 0 bridgehead atoms. The number of phenolic OH excluding ortho intramolecular Hbond substituents is 1. The molecule has 39 heavy (non-hydrogen) atoms. The van der Waals surface area contributed by atoms with Gasteiger partial charge in [-0.05, 0) is 50.9 Å². The number of aryl methyl sites for hydroxylation is 1. The topological polar surface area (TPSA) is 116 Å². The van der Waals surface area contributed by atoms with E-state index in [4.69, 9.17) is 9.47 Å². The van der Waals surface area contributed by atoms with Crippen LogP contribution >= 0.6 is 0 Å². The number of rotatable bonds is 18. The molecule has 2 aliphatic rings. The van der Waals surface area contributed by atoms with E-state index in [0.717, 1.165) is 74.0 Å². The predicted molar refractivity (Wildman–Crippen MR) is 156 cm³/mol. The number of aliphatic imine (C=N–C) groups is 1. The van der Waals surface area contributed by atoms with E-state index in [2.05, 4.69) is 35.5 Å². The number of likely N-dealkylation sites (N-methyl/N-ethyl adjacent to an activating group) is 1. The third-order valence-electron chi connectivity index (χ3n) is 7.09. The molecule has 8 heteroatoms. The van der Waals surface area contributed by atoms with Crippen LogP contribution in [0.3, 0.4) is 0 Å². The lowest BCUT2D eigenvalue weighted by Gasteiger charge is -2.24. The van der Waals surface area contributed by atoms with E-state index in [9.17, 15) is 15.3 Å². The molecule has 0 saturated carbocycles. The standard InChI is InChI=1S/C31H47N3O5/c1-5-7-8-30-25(19-35)14-26(39-30)11-9-23-10-12-29(37)31(13-23)38-20-28(33-6-2)27-15-24(18-34-27)21(3)16-32-17-22(4)36/h10,12-15,18,21-22,28,30,32-33,35-37H,5-9,11,16-17,19-20H2,1-4H3/t21-,22+,28+,30?/m1/s1. The lowest BCUT2D eigenvalue weighted by Crippen LogP contribution is -2.38. The summed E-state index contributed by atoms with van der Waals surface area (Å²) < 4.78 is 12.2. The van der Waals surface area contributed by atoms with E-state index in [1.807, 2.05) is 31.3 Å². The van der Waals surface area contributed by atoms with Crippen LogP contribution in [-0.4, -0.2) is 72.6 Å². The van der Waals surface area contributed by atoms with Crippen LogP contribution in [0.5, 0.6) is 11.5 Å². The molecule has 5 N–H and O–H groups in total. The van der Waals surface area contributed by atoms with Crippen molar-refractivity contribution in [1.29, 1.82) is 0 Å². The average molecular weight is 542 g/mol. The second-order valence-electron chi connectivity index (χ2n) is 10.6. The maximum absolute atomic E-state index is 10.5. The second kappa shape index (κ2) is 15.9. The number of hydrogen-bond acceptors (Lipinski definition) is 8. The van der Waals surface area contributed by atoms with Gasteiger partial charge in [0.2, 0.25) is 0 Å². The molecular weight excluding hydrogens is 494 g/mol. The minimum Gasteiger partial charge on any atom is -0.504 e. The van der Waals surface area contributed by atoms with Gasteiger partial charge in [-0.15, -0.1) is 4.99 Å². The monoisotopic (exact) mass is 541 g/mol. The van der Waals surface area contributed by atoms with Gasteiger partial charge < -0.3 is 30.1 Å². The van der Waals surface area contributed by atoms with E-state index < -0.39 is 0 Å². The van der Waals surface area contributed by atoms with Gasteiger partial charge in [0.1, 0.15) is 18.2 Å². The van der Waals surface area contributed by atoms with Gasteiger partial charge in [0.05, 0.1) is 18.1 Å². The van der Waals surface area contributed by atoms with Gasteiger partial charge in [0.25, 0.3) is 0 Å². The fourth-order valence-corrected chi connectivity index (χ4v) is 4.75. The lowest BCUT2D eigenvalue weighted by atomic mass is 10.00. The maximum atomic E-state index is 10.5. The predicted octanol–water partition coefficient (Wildman–Crippen LogP) is 3.87. The first-order valence-electron chi connectivity index (χ1n) is 14.4. The smallest absolute Gasteiger partial charge is 0.176 e. The molecule has 0 amide bonds. The minimum atomic E-state index is -0.371. The molecule has 3 rings (SSSR count). The Morgan fingerprint density at radius 2 is 2.05 bits per heavy atom. The quantitative estimate of drug-likeness (QED) is 0.179. The van der Waals surface area contributed by atoms with Crippen LogP contribution in [-0.2, 0) is 11.2 Å². The van der Waals surface area contributed by atoms with E-state index in [0.29, 0.717) is 18.9 Å². The first kappa shape index (κ1) is 31.0. The zero-order valence-electron chi connectivity index (χ0n) is 23.9. The van der Waals surface area contributed by atoms with Gasteiger partial charge in [-0.2, -0.15) is 11.6 Å². The Bertz CT molecular complexity index is 977. The zero-order chi connectivity index (χ0) is 28.2. The Balaban J connectivity index is 1.55. The van der Waals surface area contributed by atoms with Crippen LogP contribution in [0, 0.1) is 18.1 Å². The fourth-order valence-electron chi connectivity index (χ4n) is 4.75. The molecule has 4 atom stereocenters. The van der Waals surface area contributed by atoms with Crippen LogP contribution in [0.4, 0.5) is 0 Å². The summed E-state index contributed by atoms with van der Waals surface area (Å²) in [7, 11) is 0. The molecular formula is C31H47N3O5. The molecule has 0 saturated heterocycles. The highest BCUT2D eigenvalue weighted by atomic mass is 16.5. The number of nitrogens with one attached hydrogen (secondary N) is 2. The Kier molecular flexibility index (Phi) is 12.7. The molecule has 8 nitrogen and oxygen atoms in total. The van der Waals surface area contributed by atoms with Crippen molar-refractivity contribution in [3.05, 3.63) is 59.2 Å². The van der Waals surface area contributed by atoms with Gasteiger partial charge in [-0.1, -0.05) is 45.3 Å². The molecule has 1 unspecified atom stereocenters. The molecule has 0 aliphatic carbocycles. The van der Waals surface area contributed by atoms with Crippen molar-refractivity contribution in [2.45, 2.75) is 78.0 Å². The second-order valence-corrected chi connectivity index (χ2v) is 10.6. The van der Waals surface area contributed by atoms with E-state index in [-0.39, 0.29) is 36.5 Å². The number of aliphatic hydroxyl groups is 2. The van der Waals surface area contributed by atoms with Crippen LogP contribution in [0.15, 0.2) is 46.5 Å². The first-order valence-corrected chi connectivity index (χ1v) is 14.4. The number of aromatic hydroxyl groups is 1. The average Bonchev–Trinajstić information content (AvgIpc) is 3.57. The fraction of sp³-hybridized carbons (Fsp3) is 0.581. The number of phenols is 1. The number of aliphatic hydroxyl groups excluding tert-OH is 2. The summed E-state index contributed by atoms with van der Waals surface area (Å²) >= 11 is 0. The molecule has 216 valence electrons. The number of ether oxygens (including phenoxy) is 2. The molecule has 2 heterocycles. The van der Waals surface area contributed by atoms with Gasteiger partial charge in [-0.3, -0.25) is 5.32 Å². The Hall–Kier alpha value is -2.49. The lowest BCUT2D eigenvalue weighted by molar-refractivity contribution is 0.103. The zero-order valence-corrected chi connectivity index (χ0v) is 23.9. The largest absolute Gasteiger partial charge is 0.504 e. The van der Waals surface area contributed by atoms with Crippen molar-refractivity contribution in [1.82, 2.24) is 10.6 Å². The Morgan fingerprint density at radius 1 is 1.23 bits per heavy atom. The van der Waals surface area contributed by atoms with Crippen LogP contribution < -0.4 is 15.4 Å². The molecule has 1 aromatic rings. The highest BCUT2D eigenvalue weighted by molar-refractivity contribution is 5.84. The van der Waals surface area contributed by atoms with Crippen LogP contribution in [0.25, 0.3) is 0 Å². The summed E-state index contributed by atoms with van der Waals surface area (Å²) in [4.78, 5) is 4.64. The highest BCUT2D eigenvalue weighted by Crippen LogP contribution is 2.33. The Labute approximate surface area is 234 Å². The molecule has 1 aromatic carbocycles. The van der Waals surface area contributed by atoms with Crippen molar-refractivity contribution >= 4 is 6.21 Å². The third kappa shape index (κ3) is 9.58. The molecule has 0 aromatic heterocycles. The molecule has 2 aliphatic heterocycles. The van der Waals surface area contributed by atoms with Gasteiger partial charge in [0.15, 0.2) is 23.8 Å². The molecule has 0 radical (unpaired) electrons. The van der Waals surface area contributed by atoms with Crippen molar-refractivity contribution in [2.24, 2.45) is 10.9 Å². The van der Waals surface area contributed by atoms with Crippen LogP contribution in [0.1, 0.15) is 58.9 Å². The van der Waals surface area contributed by atoms with Crippen molar-refractivity contribution < 1.29 is 24.8 Å². The Morgan fingerprint density at radius 3 is 2.77 bits per heavy atom. The molecule has 0 fully saturated rings. The van der Waals surface area contributed by atoms with Crippen molar-refractivity contribution in [3.63, 3.8) is 0 Å². The van der Waals surface area contributed by atoms with E-state index in [1.54, 1.807) is 13.0 Å². The van der Waals surface area contributed by atoms with Gasteiger partial charge >= 0.3 is 0 Å². The third-order valence-corrected chi connectivity index (χ3v) is 7.09.